The first-order chi connectivity index (χ1) is 9.74. The van der Waals surface area contributed by atoms with Crippen LogP contribution in [0.3, 0.4) is 0 Å². The van der Waals surface area contributed by atoms with E-state index in [2.05, 4.69) is 5.32 Å². The summed E-state index contributed by atoms with van der Waals surface area (Å²) in [5.74, 6) is 0.0825. The van der Waals surface area contributed by atoms with Crippen LogP contribution in [0.4, 0.5) is 0 Å². The average Bonchev–Trinajstić information content (AvgIpc) is 2.48. The lowest BCUT2D eigenvalue weighted by Crippen LogP contribution is -2.40. The molecule has 1 aromatic carbocycles. The zero-order valence-electron chi connectivity index (χ0n) is 12.1. The van der Waals surface area contributed by atoms with E-state index in [-0.39, 0.29) is 17.9 Å². The Morgan fingerprint density at radius 3 is 2.50 bits per heavy atom. The molecule has 0 bridgehead atoms. The van der Waals surface area contributed by atoms with Gasteiger partial charge in [-0.05, 0) is 30.2 Å². The molecule has 0 aromatic heterocycles. The number of carbonyl (C=O) groups is 1. The number of aliphatic hydroxyl groups is 1. The fourth-order valence-corrected chi connectivity index (χ4v) is 3.18. The van der Waals surface area contributed by atoms with Gasteiger partial charge < -0.3 is 10.4 Å². The summed E-state index contributed by atoms with van der Waals surface area (Å²) in [7, 11) is 0. The van der Waals surface area contributed by atoms with Crippen molar-refractivity contribution in [3.8, 4) is 0 Å². The Bertz CT molecular complexity index is 405. The highest BCUT2D eigenvalue weighted by molar-refractivity contribution is 5.78. The molecule has 20 heavy (non-hydrogen) atoms. The number of hydrogen-bond donors (Lipinski definition) is 2. The van der Waals surface area contributed by atoms with Crippen LogP contribution in [-0.2, 0) is 11.2 Å². The average molecular weight is 275 g/mol. The number of carbonyl (C=O) groups excluding carboxylic acids is 1. The van der Waals surface area contributed by atoms with E-state index in [0.717, 1.165) is 24.8 Å². The first kappa shape index (κ1) is 15.0. The van der Waals surface area contributed by atoms with Gasteiger partial charge in [0.1, 0.15) is 0 Å². The molecule has 110 valence electrons. The maximum Gasteiger partial charge on any atom is 0.224 e. The van der Waals surface area contributed by atoms with Crippen LogP contribution in [0.1, 0.15) is 44.1 Å². The van der Waals surface area contributed by atoms with Gasteiger partial charge in [-0.2, -0.15) is 0 Å². The Balaban J connectivity index is 1.84. The van der Waals surface area contributed by atoms with Crippen molar-refractivity contribution in [1.82, 2.24) is 5.32 Å². The van der Waals surface area contributed by atoms with Crippen LogP contribution >= 0.6 is 0 Å². The molecule has 3 nitrogen and oxygen atoms in total. The van der Waals surface area contributed by atoms with Crippen LogP contribution in [0, 0.1) is 5.41 Å². The summed E-state index contributed by atoms with van der Waals surface area (Å²) < 4.78 is 0. The van der Waals surface area contributed by atoms with Crippen LogP contribution in [0.15, 0.2) is 30.3 Å². The van der Waals surface area contributed by atoms with Crippen molar-refractivity contribution in [1.29, 1.82) is 0 Å². The van der Waals surface area contributed by atoms with E-state index in [0.29, 0.717) is 13.0 Å². The van der Waals surface area contributed by atoms with Crippen LogP contribution < -0.4 is 5.32 Å². The maximum absolute atomic E-state index is 12.0. The van der Waals surface area contributed by atoms with Gasteiger partial charge in [0.2, 0.25) is 5.91 Å². The van der Waals surface area contributed by atoms with E-state index in [9.17, 15) is 9.90 Å². The number of nitrogens with one attached hydrogen (secondary N) is 1. The van der Waals surface area contributed by atoms with E-state index in [1.54, 1.807) is 0 Å². The van der Waals surface area contributed by atoms with Gasteiger partial charge in [0.25, 0.3) is 0 Å². The Labute approximate surface area is 121 Å². The van der Waals surface area contributed by atoms with Gasteiger partial charge in [0.15, 0.2) is 0 Å². The number of aliphatic hydroxyl groups excluding tert-OH is 1. The van der Waals surface area contributed by atoms with E-state index in [1.807, 2.05) is 30.3 Å². The Kier molecular flexibility index (Phi) is 5.60. The molecule has 0 radical (unpaired) electrons. The van der Waals surface area contributed by atoms with Crippen LogP contribution in [0.5, 0.6) is 0 Å². The van der Waals surface area contributed by atoms with Crippen LogP contribution in [0.25, 0.3) is 0 Å². The second-order valence-electron chi connectivity index (χ2n) is 5.97. The lowest BCUT2D eigenvalue weighted by molar-refractivity contribution is -0.121. The molecule has 1 fully saturated rings. The molecule has 1 aliphatic rings. The van der Waals surface area contributed by atoms with Crippen molar-refractivity contribution in [3.05, 3.63) is 35.9 Å². The van der Waals surface area contributed by atoms with Crippen LogP contribution in [0.2, 0.25) is 0 Å². The van der Waals surface area contributed by atoms with E-state index in [1.165, 1.54) is 19.3 Å². The summed E-state index contributed by atoms with van der Waals surface area (Å²) in [5, 5.41) is 12.3. The summed E-state index contributed by atoms with van der Waals surface area (Å²) in [5.41, 5.74) is 1.17. The molecular formula is C17H25NO2. The number of hydrogen-bond acceptors (Lipinski definition) is 2. The zero-order chi connectivity index (χ0) is 14.3. The Hall–Kier alpha value is -1.35. The first-order valence-corrected chi connectivity index (χ1v) is 7.66. The minimum absolute atomic E-state index is 0.0825. The molecule has 3 heteroatoms. The summed E-state index contributed by atoms with van der Waals surface area (Å²) >= 11 is 0. The summed E-state index contributed by atoms with van der Waals surface area (Å²) in [6.45, 7) is 0.924. The molecule has 0 heterocycles. The largest absolute Gasteiger partial charge is 0.396 e. The van der Waals surface area contributed by atoms with Gasteiger partial charge in [-0.1, -0.05) is 49.6 Å². The molecule has 1 saturated carbocycles. The van der Waals surface area contributed by atoms with Gasteiger partial charge in [-0.15, -0.1) is 0 Å². The van der Waals surface area contributed by atoms with Gasteiger partial charge in [-0.3, -0.25) is 4.79 Å². The Morgan fingerprint density at radius 1 is 1.15 bits per heavy atom. The molecule has 2 N–H and O–H groups in total. The van der Waals surface area contributed by atoms with E-state index in [4.69, 9.17) is 0 Å². The number of amides is 1. The smallest absolute Gasteiger partial charge is 0.224 e. The summed E-state index contributed by atoms with van der Waals surface area (Å²) in [6.07, 6.45) is 7.21. The highest BCUT2D eigenvalue weighted by atomic mass is 16.3. The zero-order valence-corrected chi connectivity index (χ0v) is 12.1. The first-order valence-electron chi connectivity index (χ1n) is 7.66. The topological polar surface area (TPSA) is 49.3 Å². The number of benzene rings is 1. The van der Waals surface area contributed by atoms with Crippen molar-refractivity contribution in [2.24, 2.45) is 5.41 Å². The monoisotopic (exact) mass is 275 g/mol. The molecule has 1 aromatic rings. The minimum Gasteiger partial charge on any atom is -0.396 e. The third kappa shape index (κ3) is 4.34. The van der Waals surface area contributed by atoms with Gasteiger partial charge in [0, 0.05) is 13.2 Å². The molecule has 1 aliphatic carbocycles. The molecule has 0 unspecified atom stereocenters. The lowest BCUT2D eigenvalue weighted by Gasteiger charge is -2.37. The highest BCUT2D eigenvalue weighted by Crippen LogP contribution is 2.38. The summed E-state index contributed by atoms with van der Waals surface area (Å²) in [4.78, 5) is 12.0. The predicted octanol–water partition coefficient (Wildman–Crippen LogP) is 2.68. The molecule has 0 spiro atoms. The van der Waals surface area contributed by atoms with Gasteiger partial charge in [-0.25, -0.2) is 0 Å². The molecule has 0 atom stereocenters. The maximum atomic E-state index is 12.0. The second kappa shape index (κ2) is 7.44. The minimum atomic E-state index is 0.0825. The fourth-order valence-electron chi connectivity index (χ4n) is 3.18. The molecule has 1 amide bonds. The van der Waals surface area contributed by atoms with Crippen molar-refractivity contribution < 1.29 is 9.90 Å². The lowest BCUT2D eigenvalue weighted by atomic mass is 9.72. The SMILES string of the molecule is O=C(Cc1ccccc1)NCC1(CCO)CCCCC1. The molecule has 0 aliphatic heterocycles. The van der Waals surface area contributed by atoms with E-state index < -0.39 is 0 Å². The third-order valence-electron chi connectivity index (χ3n) is 4.42. The van der Waals surface area contributed by atoms with Crippen molar-refractivity contribution in [3.63, 3.8) is 0 Å². The third-order valence-corrected chi connectivity index (χ3v) is 4.42. The van der Waals surface area contributed by atoms with Crippen molar-refractivity contribution >= 4 is 5.91 Å². The quantitative estimate of drug-likeness (QED) is 0.838. The predicted molar refractivity (Wildman–Crippen MR) is 80.4 cm³/mol. The molecular weight excluding hydrogens is 250 g/mol. The van der Waals surface area contributed by atoms with Crippen molar-refractivity contribution in [2.45, 2.75) is 44.9 Å². The molecule has 0 saturated heterocycles. The highest BCUT2D eigenvalue weighted by Gasteiger charge is 2.31. The normalized spacial score (nSPS) is 17.6. The summed E-state index contributed by atoms with van der Waals surface area (Å²) in [6, 6.07) is 9.82. The van der Waals surface area contributed by atoms with E-state index >= 15 is 0 Å². The second-order valence-corrected chi connectivity index (χ2v) is 5.97. The van der Waals surface area contributed by atoms with Gasteiger partial charge in [0.05, 0.1) is 6.42 Å². The standard InChI is InChI=1S/C17H25NO2/c19-12-11-17(9-5-2-6-10-17)14-18-16(20)13-15-7-3-1-4-8-15/h1,3-4,7-8,19H,2,5-6,9-14H2,(H,18,20). The molecule has 2 rings (SSSR count). The van der Waals surface area contributed by atoms with Crippen molar-refractivity contribution in [2.75, 3.05) is 13.2 Å². The van der Waals surface area contributed by atoms with Gasteiger partial charge >= 0.3 is 0 Å². The Morgan fingerprint density at radius 2 is 1.85 bits per heavy atom. The number of rotatable bonds is 6. The fraction of sp³-hybridized carbons (Fsp3) is 0.588. The van der Waals surface area contributed by atoms with Crippen LogP contribution in [-0.4, -0.2) is 24.2 Å².